The minimum Gasteiger partial charge on any atom is -0.265 e. The van der Waals surface area contributed by atoms with Gasteiger partial charge in [0.2, 0.25) is 0 Å². The molecule has 1 heterocycles. The molecule has 0 radical (unpaired) electrons. The maximum absolute atomic E-state index is 5.49. The quantitative estimate of drug-likeness (QED) is 0.585. The molecule has 1 N–H and O–H groups in total. The second-order valence-corrected chi connectivity index (χ2v) is 1.73. The van der Waals surface area contributed by atoms with Crippen LogP contribution in [-0.2, 0) is 4.84 Å². The molecule has 0 fully saturated rings. The number of hydrazine groups is 1. The highest BCUT2D eigenvalue weighted by atomic mass is 35.5. The van der Waals surface area contributed by atoms with E-state index in [4.69, 9.17) is 11.6 Å². The molecule has 0 aromatic carbocycles. The molecule has 50 valence electrons. The van der Waals surface area contributed by atoms with Gasteiger partial charge in [-0.3, -0.25) is 5.43 Å². The van der Waals surface area contributed by atoms with Crippen LogP contribution in [0.1, 0.15) is 0 Å². The van der Waals surface area contributed by atoms with Crippen LogP contribution in [0.4, 0.5) is 0 Å². The maximum Gasteiger partial charge on any atom is 0.155 e. The highest BCUT2D eigenvalue weighted by molar-refractivity contribution is 6.68. The molecule has 9 heavy (non-hydrogen) atoms. The van der Waals surface area contributed by atoms with E-state index in [1.807, 2.05) is 0 Å². The van der Waals surface area contributed by atoms with Crippen LogP contribution < -0.4 is 5.43 Å². The summed E-state index contributed by atoms with van der Waals surface area (Å²) in [5.41, 5.74) is 2.66. The Morgan fingerprint density at radius 1 is 1.89 bits per heavy atom. The standard InChI is InChI=1S/C4H6ClN3O/c1-9-8-6-3-2-4(5)7-8/h2-3,6H,1H3. The highest BCUT2D eigenvalue weighted by Gasteiger charge is 2.00. The number of nitrogens with zero attached hydrogens (tertiary/aromatic N) is 2. The molecule has 0 bridgehead atoms. The fourth-order valence-electron chi connectivity index (χ4n) is 0.412. The lowest BCUT2D eigenvalue weighted by Crippen LogP contribution is -2.30. The summed E-state index contributed by atoms with van der Waals surface area (Å²) in [7, 11) is 1.49. The summed E-state index contributed by atoms with van der Waals surface area (Å²) in [4.78, 5) is 4.66. The zero-order valence-electron chi connectivity index (χ0n) is 4.84. The summed E-state index contributed by atoms with van der Waals surface area (Å²) in [5.74, 6) is 0. The van der Waals surface area contributed by atoms with Gasteiger partial charge in [-0.15, -0.1) is 5.10 Å². The van der Waals surface area contributed by atoms with Crippen LogP contribution in [0, 0.1) is 0 Å². The third-order valence-electron chi connectivity index (χ3n) is 0.765. The van der Waals surface area contributed by atoms with Crippen molar-refractivity contribution in [3.8, 4) is 0 Å². The molecular weight excluding hydrogens is 142 g/mol. The van der Waals surface area contributed by atoms with Crippen molar-refractivity contribution in [1.82, 2.24) is 10.7 Å². The predicted octanol–water partition coefficient (Wildman–Crippen LogP) is 0.434. The van der Waals surface area contributed by atoms with Gasteiger partial charge in [-0.25, -0.2) is 4.84 Å². The van der Waals surface area contributed by atoms with Crippen molar-refractivity contribution in [2.24, 2.45) is 5.10 Å². The molecule has 0 aromatic heterocycles. The first-order valence-corrected chi connectivity index (χ1v) is 2.72. The summed E-state index contributed by atoms with van der Waals surface area (Å²) >= 11 is 5.49. The summed E-state index contributed by atoms with van der Waals surface area (Å²) in [6, 6.07) is 0. The lowest BCUT2D eigenvalue weighted by Gasteiger charge is -2.16. The lowest BCUT2D eigenvalue weighted by molar-refractivity contribution is -0.161. The Hall–Kier alpha value is -0.740. The molecule has 1 aliphatic rings. The molecule has 0 aromatic rings. The Bertz CT molecular complexity index is 156. The first kappa shape index (κ1) is 6.38. The molecule has 0 atom stereocenters. The van der Waals surface area contributed by atoms with E-state index in [0.717, 1.165) is 5.28 Å². The van der Waals surface area contributed by atoms with Crippen LogP contribution in [0.2, 0.25) is 0 Å². The van der Waals surface area contributed by atoms with Crippen molar-refractivity contribution in [3.63, 3.8) is 0 Å². The van der Waals surface area contributed by atoms with E-state index in [2.05, 4.69) is 15.4 Å². The number of halogens is 1. The summed E-state index contributed by atoms with van der Waals surface area (Å²) in [6.07, 6.45) is 3.25. The highest BCUT2D eigenvalue weighted by Crippen LogP contribution is 1.96. The van der Waals surface area contributed by atoms with Gasteiger partial charge < -0.3 is 0 Å². The van der Waals surface area contributed by atoms with Gasteiger partial charge in [-0.2, -0.15) is 0 Å². The third-order valence-corrected chi connectivity index (χ3v) is 0.967. The average molecular weight is 148 g/mol. The van der Waals surface area contributed by atoms with Gasteiger partial charge in [0.05, 0.1) is 7.11 Å². The van der Waals surface area contributed by atoms with Gasteiger partial charge in [0.15, 0.2) is 5.17 Å². The largest absolute Gasteiger partial charge is 0.265 e. The van der Waals surface area contributed by atoms with E-state index in [1.165, 1.54) is 7.11 Å². The fraction of sp³-hybridized carbons (Fsp3) is 0.250. The van der Waals surface area contributed by atoms with E-state index in [1.54, 1.807) is 12.3 Å². The molecule has 4 nitrogen and oxygen atoms in total. The van der Waals surface area contributed by atoms with Gasteiger partial charge in [0.25, 0.3) is 0 Å². The van der Waals surface area contributed by atoms with Crippen LogP contribution in [0.3, 0.4) is 0 Å². The molecule has 0 saturated carbocycles. The second-order valence-electron chi connectivity index (χ2n) is 1.34. The number of allylic oxidation sites excluding steroid dienone is 1. The first-order valence-electron chi connectivity index (χ1n) is 2.34. The van der Waals surface area contributed by atoms with Crippen LogP contribution >= 0.6 is 11.6 Å². The van der Waals surface area contributed by atoms with Gasteiger partial charge in [-0.05, 0) is 6.08 Å². The van der Waals surface area contributed by atoms with Gasteiger partial charge in [0.1, 0.15) is 0 Å². The molecule has 1 rings (SSSR count). The third kappa shape index (κ3) is 1.58. The Labute approximate surface area is 57.7 Å². The predicted molar refractivity (Wildman–Crippen MR) is 34.4 cm³/mol. The smallest absolute Gasteiger partial charge is 0.155 e. The molecule has 1 aliphatic heterocycles. The number of rotatable bonds is 1. The zero-order chi connectivity index (χ0) is 6.69. The van der Waals surface area contributed by atoms with Crippen molar-refractivity contribution in [3.05, 3.63) is 12.3 Å². The molecule has 0 saturated heterocycles. The van der Waals surface area contributed by atoms with Crippen molar-refractivity contribution >= 4 is 16.8 Å². The zero-order valence-corrected chi connectivity index (χ0v) is 5.59. The van der Waals surface area contributed by atoms with Gasteiger partial charge in [-0.1, -0.05) is 16.9 Å². The van der Waals surface area contributed by atoms with E-state index in [-0.39, 0.29) is 0 Å². The van der Waals surface area contributed by atoms with Crippen molar-refractivity contribution in [1.29, 1.82) is 0 Å². The molecule has 0 spiro atoms. The van der Waals surface area contributed by atoms with Gasteiger partial charge >= 0.3 is 0 Å². The van der Waals surface area contributed by atoms with Crippen molar-refractivity contribution in [2.45, 2.75) is 0 Å². The SMILES string of the molecule is CON1N=C(Cl)C=CN1. The topological polar surface area (TPSA) is 36.9 Å². The monoisotopic (exact) mass is 147 g/mol. The number of hydrogen-bond acceptors (Lipinski definition) is 4. The molecule has 0 aliphatic carbocycles. The van der Waals surface area contributed by atoms with Crippen molar-refractivity contribution in [2.75, 3.05) is 7.11 Å². The minimum absolute atomic E-state index is 0.385. The van der Waals surface area contributed by atoms with Gasteiger partial charge in [0, 0.05) is 6.20 Å². The van der Waals surface area contributed by atoms with Crippen molar-refractivity contribution < 1.29 is 4.84 Å². The Kier molecular flexibility index (Phi) is 1.92. The van der Waals surface area contributed by atoms with Crippen LogP contribution in [0.15, 0.2) is 17.4 Å². The van der Waals surface area contributed by atoms with Crippen LogP contribution in [-0.4, -0.2) is 17.6 Å². The normalized spacial score (nSPS) is 17.1. The van der Waals surface area contributed by atoms with E-state index < -0.39 is 0 Å². The molecule has 0 amide bonds. The van der Waals surface area contributed by atoms with E-state index in [9.17, 15) is 0 Å². The fourth-order valence-corrected chi connectivity index (χ4v) is 0.544. The number of hydrogen-bond donors (Lipinski definition) is 1. The minimum atomic E-state index is 0.385. The van der Waals surface area contributed by atoms with E-state index >= 15 is 0 Å². The summed E-state index contributed by atoms with van der Waals surface area (Å²) in [5, 5.41) is 5.24. The number of nitrogens with one attached hydrogen (secondary N) is 1. The lowest BCUT2D eigenvalue weighted by atomic mass is 10.6. The molecular formula is C4H6ClN3O. The Morgan fingerprint density at radius 3 is 3.11 bits per heavy atom. The van der Waals surface area contributed by atoms with Crippen LogP contribution in [0.25, 0.3) is 0 Å². The van der Waals surface area contributed by atoms with Crippen LogP contribution in [0.5, 0.6) is 0 Å². The van der Waals surface area contributed by atoms with E-state index in [0.29, 0.717) is 5.17 Å². The summed E-state index contributed by atoms with van der Waals surface area (Å²) in [6.45, 7) is 0. The molecule has 5 heteroatoms. The Morgan fingerprint density at radius 2 is 2.67 bits per heavy atom. The average Bonchev–Trinajstić information content (AvgIpc) is 1.88. The number of hydrazone groups is 1. The first-order chi connectivity index (χ1) is 4.33. The maximum atomic E-state index is 5.49. The molecule has 0 unspecified atom stereocenters. The summed E-state index contributed by atoms with van der Waals surface area (Å²) < 4.78 is 0. The second kappa shape index (κ2) is 2.70. The Balaban J connectivity index is 2.55.